The Labute approximate surface area is 130 Å². The summed E-state index contributed by atoms with van der Waals surface area (Å²) >= 11 is 0. The van der Waals surface area contributed by atoms with Crippen molar-refractivity contribution in [2.45, 2.75) is 67.3 Å². The average molecular weight is 301 g/mol. The van der Waals surface area contributed by atoms with Gasteiger partial charge in [-0.2, -0.15) is 0 Å². The van der Waals surface area contributed by atoms with Crippen LogP contribution in [0.25, 0.3) is 0 Å². The molecule has 0 aliphatic carbocycles. The van der Waals surface area contributed by atoms with E-state index in [2.05, 4.69) is 24.6 Å². The fraction of sp³-hybridized carbons (Fsp3) is 0.875. The van der Waals surface area contributed by atoms with E-state index in [1.165, 1.54) is 0 Å². The predicted octanol–water partition coefficient (Wildman–Crippen LogP) is 2.66. The fourth-order valence-corrected chi connectivity index (χ4v) is 1.43. The average Bonchev–Trinajstić information content (AvgIpc) is 2.33. The standard InChI is InChI=1S/C16H32N2O3/c1-11(2)8-9-17-14(19)13(10-12(3)4)18-21-15(20)16(5,6)7/h11-13,18H,8-10H2,1-7H3,(H,17,19)/t13-/m1/s1/i13D. The summed E-state index contributed by atoms with van der Waals surface area (Å²) in [5, 5.41) is 2.74. The first kappa shape index (κ1) is 18.0. The summed E-state index contributed by atoms with van der Waals surface area (Å²) in [4.78, 5) is 29.1. The molecule has 5 nitrogen and oxygen atoms in total. The van der Waals surface area contributed by atoms with Crippen molar-refractivity contribution in [1.82, 2.24) is 10.8 Å². The number of amides is 1. The highest BCUT2D eigenvalue weighted by Gasteiger charge is 2.26. The summed E-state index contributed by atoms with van der Waals surface area (Å²) in [5.74, 6) is -0.391. The molecule has 0 aliphatic rings. The van der Waals surface area contributed by atoms with Crippen LogP contribution in [0.4, 0.5) is 0 Å². The van der Waals surface area contributed by atoms with Crippen molar-refractivity contribution < 1.29 is 15.8 Å². The van der Waals surface area contributed by atoms with Crippen molar-refractivity contribution in [3.8, 4) is 0 Å². The molecule has 0 rings (SSSR count). The lowest BCUT2D eigenvalue weighted by Gasteiger charge is -2.22. The zero-order valence-electron chi connectivity index (χ0n) is 15.5. The van der Waals surface area contributed by atoms with E-state index < -0.39 is 23.3 Å². The lowest BCUT2D eigenvalue weighted by molar-refractivity contribution is -0.164. The molecule has 0 saturated heterocycles. The molecule has 1 amide bonds. The van der Waals surface area contributed by atoms with Gasteiger partial charge in [-0.25, -0.2) is 4.79 Å². The molecule has 0 fully saturated rings. The molecule has 0 aliphatic heterocycles. The Morgan fingerprint density at radius 2 is 1.71 bits per heavy atom. The molecule has 0 unspecified atom stereocenters. The van der Waals surface area contributed by atoms with Gasteiger partial charge in [0.05, 0.1) is 6.79 Å². The molecule has 0 bridgehead atoms. The Morgan fingerprint density at radius 1 is 1.14 bits per heavy atom. The summed E-state index contributed by atoms with van der Waals surface area (Å²) in [6, 6.07) is -1.67. The third-order valence-corrected chi connectivity index (χ3v) is 2.77. The fourth-order valence-electron chi connectivity index (χ4n) is 1.43. The molecule has 0 radical (unpaired) electrons. The maximum absolute atomic E-state index is 12.3. The van der Waals surface area contributed by atoms with Gasteiger partial charge in [0.2, 0.25) is 5.91 Å². The summed E-state index contributed by atoms with van der Waals surface area (Å²) in [6.07, 6.45) is 1.09. The Kier molecular flexibility index (Phi) is 7.72. The van der Waals surface area contributed by atoms with Gasteiger partial charge in [-0.3, -0.25) is 4.79 Å². The van der Waals surface area contributed by atoms with Crippen LogP contribution in [0.2, 0.25) is 0 Å². The van der Waals surface area contributed by atoms with Gasteiger partial charge in [0.15, 0.2) is 0 Å². The number of carbonyl (C=O) groups excluding carboxylic acids is 2. The molecular formula is C16H32N2O3. The van der Waals surface area contributed by atoms with Gasteiger partial charge in [0.25, 0.3) is 0 Å². The van der Waals surface area contributed by atoms with Gasteiger partial charge in [0.1, 0.15) is 6.02 Å². The summed E-state index contributed by atoms with van der Waals surface area (Å²) in [7, 11) is 0. The Morgan fingerprint density at radius 3 is 2.14 bits per heavy atom. The highest BCUT2D eigenvalue weighted by atomic mass is 16.7. The van der Waals surface area contributed by atoms with Crippen LogP contribution in [-0.2, 0) is 14.4 Å². The minimum absolute atomic E-state index is 0.106. The Hall–Kier alpha value is -1.10. The van der Waals surface area contributed by atoms with Gasteiger partial charge in [0, 0.05) is 6.54 Å². The van der Waals surface area contributed by atoms with Crippen LogP contribution in [0.3, 0.4) is 0 Å². The van der Waals surface area contributed by atoms with E-state index in [0.29, 0.717) is 12.5 Å². The second-order valence-electron chi connectivity index (χ2n) is 7.26. The highest BCUT2D eigenvalue weighted by Crippen LogP contribution is 2.15. The van der Waals surface area contributed by atoms with Crippen LogP contribution in [0, 0.1) is 17.3 Å². The van der Waals surface area contributed by atoms with Crippen molar-refractivity contribution >= 4 is 11.9 Å². The zero-order valence-corrected chi connectivity index (χ0v) is 14.5. The molecular weight excluding hydrogens is 268 g/mol. The smallest absolute Gasteiger partial charge is 0.330 e. The summed E-state index contributed by atoms with van der Waals surface area (Å²) in [6.45, 7) is 13.6. The second kappa shape index (κ2) is 9.03. The molecule has 0 spiro atoms. The van der Waals surface area contributed by atoms with E-state index >= 15 is 0 Å². The number of carbonyl (C=O) groups is 2. The zero-order chi connectivity index (χ0) is 17.6. The number of nitrogens with one attached hydrogen (secondary N) is 2. The molecule has 21 heavy (non-hydrogen) atoms. The Bertz CT molecular complexity index is 378. The van der Waals surface area contributed by atoms with Crippen molar-refractivity contribution in [2.75, 3.05) is 6.54 Å². The first-order chi connectivity index (χ1) is 9.88. The van der Waals surface area contributed by atoms with Crippen molar-refractivity contribution in [3.63, 3.8) is 0 Å². The minimum Gasteiger partial charge on any atom is -0.369 e. The molecule has 5 heteroatoms. The number of rotatable bonds is 8. The van der Waals surface area contributed by atoms with Gasteiger partial charge >= 0.3 is 5.97 Å². The lowest BCUT2D eigenvalue weighted by Crippen LogP contribution is -2.47. The topological polar surface area (TPSA) is 67.4 Å². The third kappa shape index (κ3) is 9.45. The molecule has 0 aromatic carbocycles. The van der Waals surface area contributed by atoms with Gasteiger partial charge in [-0.1, -0.05) is 27.7 Å². The normalized spacial score (nSPS) is 15.6. The predicted molar refractivity (Wildman–Crippen MR) is 84.4 cm³/mol. The van der Waals surface area contributed by atoms with Crippen LogP contribution in [0.1, 0.15) is 62.7 Å². The monoisotopic (exact) mass is 301 g/mol. The van der Waals surface area contributed by atoms with E-state index in [0.717, 1.165) is 6.42 Å². The number of hydrogen-bond donors (Lipinski definition) is 2. The van der Waals surface area contributed by atoms with E-state index in [-0.39, 0.29) is 12.3 Å². The lowest BCUT2D eigenvalue weighted by atomic mass is 9.98. The van der Waals surface area contributed by atoms with Crippen LogP contribution in [0.15, 0.2) is 0 Å². The number of hydrogen-bond acceptors (Lipinski definition) is 4. The van der Waals surface area contributed by atoms with Crippen molar-refractivity contribution in [1.29, 1.82) is 0 Å². The van der Waals surface area contributed by atoms with Crippen LogP contribution >= 0.6 is 0 Å². The van der Waals surface area contributed by atoms with E-state index in [1.807, 2.05) is 13.8 Å². The quantitative estimate of drug-likeness (QED) is 0.676. The van der Waals surface area contributed by atoms with Gasteiger partial charge < -0.3 is 10.2 Å². The SMILES string of the molecule is [2H][C@](CC(C)C)(NOC(=O)C(C)(C)C)C(=O)NCCC(C)C. The molecule has 0 heterocycles. The van der Waals surface area contributed by atoms with E-state index in [9.17, 15) is 9.59 Å². The van der Waals surface area contributed by atoms with Crippen molar-refractivity contribution in [3.05, 3.63) is 0 Å². The van der Waals surface area contributed by atoms with Crippen LogP contribution < -0.4 is 10.8 Å². The minimum atomic E-state index is -1.67. The molecule has 1 atom stereocenters. The van der Waals surface area contributed by atoms with Crippen LogP contribution in [0.5, 0.6) is 0 Å². The highest BCUT2D eigenvalue weighted by molar-refractivity contribution is 5.82. The van der Waals surface area contributed by atoms with E-state index in [4.69, 9.17) is 6.21 Å². The molecule has 0 saturated carbocycles. The van der Waals surface area contributed by atoms with Gasteiger partial charge in [-0.05, 0) is 45.4 Å². The molecule has 0 aromatic heterocycles. The van der Waals surface area contributed by atoms with Crippen molar-refractivity contribution in [2.24, 2.45) is 17.3 Å². The second-order valence-corrected chi connectivity index (χ2v) is 7.26. The largest absolute Gasteiger partial charge is 0.369 e. The first-order valence-electron chi connectivity index (χ1n) is 8.15. The summed E-state index contributed by atoms with van der Waals surface area (Å²) in [5.41, 5.74) is 1.68. The Balaban J connectivity index is 4.77. The van der Waals surface area contributed by atoms with Gasteiger partial charge in [-0.15, -0.1) is 5.48 Å². The van der Waals surface area contributed by atoms with Crippen LogP contribution in [-0.4, -0.2) is 24.4 Å². The number of hydroxylamine groups is 1. The first-order valence-corrected chi connectivity index (χ1v) is 7.65. The maximum Gasteiger partial charge on any atom is 0.330 e. The maximum atomic E-state index is 12.3. The molecule has 2 N–H and O–H groups in total. The third-order valence-electron chi connectivity index (χ3n) is 2.77. The molecule has 124 valence electrons. The van der Waals surface area contributed by atoms with E-state index in [1.54, 1.807) is 20.8 Å². The molecule has 0 aromatic rings. The summed E-state index contributed by atoms with van der Waals surface area (Å²) < 4.78 is 8.34.